The molecule has 0 atom stereocenters. The van der Waals surface area contributed by atoms with Gasteiger partial charge in [0.25, 0.3) is 5.56 Å². The van der Waals surface area contributed by atoms with Gasteiger partial charge in [0.2, 0.25) is 0 Å². The molecule has 0 radical (unpaired) electrons. The average Bonchev–Trinajstić information content (AvgIpc) is 2.66. The molecule has 0 aliphatic carbocycles. The van der Waals surface area contributed by atoms with Crippen molar-refractivity contribution in [2.24, 2.45) is 0 Å². The molecular formula is C21H15BrN2O. The van der Waals surface area contributed by atoms with E-state index in [0.717, 1.165) is 15.6 Å². The Bertz CT molecular complexity index is 1040. The number of nitrogens with zero attached hydrogens (tertiary/aromatic N) is 2. The summed E-state index contributed by atoms with van der Waals surface area (Å²) < 4.78 is 2.58. The lowest BCUT2D eigenvalue weighted by Crippen LogP contribution is -2.26. The zero-order valence-corrected chi connectivity index (χ0v) is 14.9. The van der Waals surface area contributed by atoms with E-state index in [2.05, 4.69) is 20.9 Å². The third-order valence-electron chi connectivity index (χ3n) is 4.25. The van der Waals surface area contributed by atoms with E-state index in [1.54, 1.807) is 10.9 Å². The molecule has 0 saturated heterocycles. The summed E-state index contributed by atoms with van der Waals surface area (Å²) in [4.78, 5) is 17.7. The van der Waals surface area contributed by atoms with Crippen LogP contribution in [0.5, 0.6) is 0 Å². The highest BCUT2D eigenvalue weighted by Crippen LogP contribution is 2.26. The van der Waals surface area contributed by atoms with Crippen molar-refractivity contribution in [2.75, 3.05) is 0 Å². The monoisotopic (exact) mass is 390 g/mol. The molecule has 4 heteroatoms. The highest BCUT2D eigenvalue weighted by atomic mass is 79.9. The maximum atomic E-state index is 13.2. The van der Waals surface area contributed by atoms with Crippen LogP contribution in [-0.4, -0.2) is 9.55 Å². The van der Waals surface area contributed by atoms with Crippen LogP contribution in [0.15, 0.2) is 94.5 Å². The van der Waals surface area contributed by atoms with Crippen molar-refractivity contribution < 1.29 is 0 Å². The first-order valence-electron chi connectivity index (χ1n) is 8.00. The number of rotatable bonds is 3. The van der Waals surface area contributed by atoms with Crippen LogP contribution < -0.4 is 5.56 Å². The first kappa shape index (κ1) is 15.8. The molecular weight excluding hydrogens is 376 g/mol. The normalized spacial score (nSPS) is 11.1. The molecule has 0 unspecified atom stereocenters. The molecule has 1 aromatic heterocycles. The quantitative estimate of drug-likeness (QED) is 0.503. The Morgan fingerprint density at radius 2 is 1.44 bits per heavy atom. The first-order chi connectivity index (χ1) is 12.2. The van der Waals surface area contributed by atoms with E-state index in [1.807, 2.05) is 78.9 Å². The summed E-state index contributed by atoms with van der Waals surface area (Å²) in [7, 11) is 0. The molecule has 0 N–H and O–H groups in total. The molecule has 0 bridgehead atoms. The van der Waals surface area contributed by atoms with Crippen molar-refractivity contribution in [2.45, 2.75) is 6.04 Å². The fraction of sp³-hybridized carbons (Fsp3) is 0.0476. The lowest BCUT2D eigenvalue weighted by Gasteiger charge is -2.21. The highest BCUT2D eigenvalue weighted by Gasteiger charge is 2.18. The predicted molar refractivity (Wildman–Crippen MR) is 104 cm³/mol. The van der Waals surface area contributed by atoms with Crippen molar-refractivity contribution in [1.82, 2.24) is 9.55 Å². The van der Waals surface area contributed by atoms with Crippen LogP contribution >= 0.6 is 15.9 Å². The Kier molecular flexibility index (Phi) is 4.20. The second-order valence-corrected chi connectivity index (χ2v) is 6.76. The molecule has 4 rings (SSSR count). The molecule has 0 saturated carbocycles. The van der Waals surface area contributed by atoms with Gasteiger partial charge in [-0.3, -0.25) is 9.36 Å². The summed E-state index contributed by atoms with van der Waals surface area (Å²) in [5.74, 6) is 0. The summed E-state index contributed by atoms with van der Waals surface area (Å²) in [6, 6.07) is 25.4. The van der Waals surface area contributed by atoms with Crippen molar-refractivity contribution in [3.63, 3.8) is 0 Å². The van der Waals surface area contributed by atoms with Gasteiger partial charge in [0, 0.05) is 4.47 Å². The van der Waals surface area contributed by atoms with Crippen LogP contribution in [0.25, 0.3) is 10.9 Å². The van der Waals surface area contributed by atoms with Crippen molar-refractivity contribution >= 4 is 26.8 Å². The average molecular weight is 391 g/mol. The Hall–Kier alpha value is -2.72. The van der Waals surface area contributed by atoms with Gasteiger partial charge >= 0.3 is 0 Å². The third-order valence-corrected chi connectivity index (χ3v) is 4.75. The van der Waals surface area contributed by atoms with Gasteiger partial charge in [-0.25, -0.2) is 4.98 Å². The van der Waals surface area contributed by atoms with Crippen LogP contribution in [0.3, 0.4) is 0 Å². The largest absolute Gasteiger partial charge is 0.287 e. The summed E-state index contributed by atoms with van der Waals surface area (Å²) in [5, 5.41) is 0.605. The van der Waals surface area contributed by atoms with Crippen LogP contribution in [-0.2, 0) is 0 Å². The van der Waals surface area contributed by atoms with Crippen LogP contribution in [0.1, 0.15) is 17.2 Å². The molecule has 25 heavy (non-hydrogen) atoms. The van der Waals surface area contributed by atoms with Gasteiger partial charge < -0.3 is 0 Å². The Balaban J connectivity index is 1.99. The maximum absolute atomic E-state index is 13.2. The molecule has 4 aromatic rings. The minimum atomic E-state index is -0.217. The van der Waals surface area contributed by atoms with E-state index in [-0.39, 0.29) is 11.6 Å². The SMILES string of the molecule is O=c1c2cc(Br)ccc2ncn1C(c1ccccc1)c1ccccc1. The lowest BCUT2D eigenvalue weighted by atomic mass is 9.98. The highest BCUT2D eigenvalue weighted by molar-refractivity contribution is 9.10. The zero-order valence-electron chi connectivity index (χ0n) is 13.3. The van der Waals surface area contributed by atoms with Gasteiger partial charge in [-0.2, -0.15) is 0 Å². The predicted octanol–water partition coefficient (Wildman–Crippen LogP) is 4.80. The maximum Gasteiger partial charge on any atom is 0.262 e. The first-order valence-corrected chi connectivity index (χ1v) is 8.79. The summed E-state index contributed by atoms with van der Waals surface area (Å²) in [6.45, 7) is 0. The van der Waals surface area contributed by atoms with E-state index < -0.39 is 0 Å². The standard InChI is InChI=1S/C21H15BrN2O/c22-17-11-12-19-18(13-17)21(25)24(14-23-19)20(15-7-3-1-4-8-15)16-9-5-2-6-10-16/h1-14,20H. The van der Waals surface area contributed by atoms with E-state index in [9.17, 15) is 4.79 Å². The lowest BCUT2D eigenvalue weighted by molar-refractivity contribution is 0.643. The van der Waals surface area contributed by atoms with Gasteiger partial charge in [-0.05, 0) is 29.3 Å². The van der Waals surface area contributed by atoms with Gasteiger partial charge in [-0.15, -0.1) is 0 Å². The number of halogens is 1. The summed E-state index contributed by atoms with van der Waals surface area (Å²) in [5.41, 5.74) is 2.74. The molecule has 0 fully saturated rings. The fourth-order valence-electron chi connectivity index (χ4n) is 3.08. The zero-order chi connectivity index (χ0) is 17.2. The summed E-state index contributed by atoms with van der Waals surface area (Å²) >= 11 is 3.44. The van der Waals surface area contributed by atoms with Gasteiger partial charge in [0.15, 0.2) is 0 Å². The number of hydrogen-bond donors (Lipinski definition) is 0. The van der Waals surface area contributed by atoms with Crippen molar-refractivity contribution in [3.05, 3.63) is 111 Å². The molecule has 0 amide bonds. The van der Waals surface area contributed by atoms with Crippen LogP contribution in [0, 0.1) is 0 Å². The number of aromatic nitrogens is 2. The molecule has 122 valence electrons. The van der Waals surface area contributed by atoms with Crippen LogP contribution in [0.2, 0.25) is 0 Å². The minimum Gasteiger partial charge on any atom is -0.287 e. The smallest absolute Gasteiger partial charge is 0.262 e. The molecule has 3 aromatic carbocycles. The van der Waals surface area contributed by atoms with Crippen molar-refractivity contribution in [1.29, 1.82) is 0 Å². The molecule has 0 aliphatic heterocycles. The Labute approximate surface area is 153 Å². The van der Waals surface area contributed by atoms with Gasteiger partial charge in [0.05, 0.1) is 23.3 Å². The van der Waals surface area contributed by atoms with E-state index >= 15 is 0 Å². The van der Waals surface area contributed by atoms with Gasteiger partial charge in [-0.1, -0.05) is 76.6 Å². The third kappa shape index (κ3) is 3.01. The second kappa shape index (κ2) is 6.65. The number of fused-ring (bicyclic) bond motifs is 1. The van der Waals surface area contributed by atoms with E-state index in [4.69, 9.17) is 0 Å². The van der Waals surface area contributed by atoms with E-state index in [1.165, 1.54) is 0 Å². The Morgan fingerprint density at radius 1 is 0.840 bits per heavy atom. The number of benzene rings is 3. The van der Waals surface area contributed by atoms with Crippen molar-refractivity contribution in [3.8, 4) is 0 Å². The molecule has 0 aliphatic rings. The van der Waals surface area contributed by atoms with Crippen LogP contribution in [0.4, 0.5) is 0 Å². The van der Waals surface area contributed by atoms with E-state index in [0.29, 0.717) is 10.9 Å². The number of hydrogen-bond acceptors (Lipinski definition) is 2. The minimum absolute atomic E-state index is 0.0518. The van der Waals surface area contributed by atoms with Gasteiger partial charge in [0.1, 0.15) is 0 Å². The molecule has 3 nitrogen and oxygen atoms in total. The summed E-state index contributed by atoms with van der Waals surface area (Å²) in [6.07, 6.45) is 1.64. The molecule has 1 heterocycles. The Morgan fingerprint density at radius 3 is 2.04 bits per heavy atom. The fourth-order valence-corrected chi connectivity index (χ4v) is 3.44. The molecule has 0 spiro atoms. The second-order valence-electron chi connectivity index (χ2n) is 5.84. The topological polar surface area (TPSA) is 34.9 Å².